The zero-order chi connectivity index (χ0) is 17.2. The lowest BCUT2D eigenvalue weighted by Crippen LogP contribution is -2.30. The van der Waals surface area contributed by atoms with E-state index in [-0.39, 0.29) is 0 Å². The molecule has 4 rings (SSSR count). The molecule has 128 valence electrons. The van der Waals surface area contributed by atoms with Crippen molar-refractivity contribution in [2.75, 3.05) is 31.2 Å². The Hall–Kier alpha value is -2.59. The molecule has 4 heteroatoms. The van der Waals surface area contributed by atoms with E-state index in [9.17, 15) is 0 Å². The first-order valence-electron chi connectivity index (χ1n) is 8.89. The Labute approximate surface area is 148 Å². The molecular weight excluding hydrogens is 308 g/mol. The highest BCUT2D eigenvalue weighted by Crippen LogP contribution is 2.33. The van der Waals surface area contributed by atoms with E-state index >= 15 is 0 Å². The summed E-state index contributed by atoms with van der Waals surface area (Å²) in [7, 11) is 2.22. The van der Waals surface area contributed by atoms with Gasteiger partial charge in [0.15, 0.2) is 5.82 Å². The van der Waals surface area contributed by atoms with Crippen LogP contribution >= 0.6 is 0 Å². The van der Waals surface area contributed by atoms with Crippen molar-refractivity contribution in [1.82, 2.24) is 9.88 Å². The Morgan fingerprint density at radius 1 is 1.16 bits per heavy atom. The number of benzene rings is 2. The Balaban J connectivity index is 1.71. The fourth-order valence-electron chi connectivity index (χ4n) is 3.81. The molecule has 0 bridgehead atoms. The SMILES string of the molecule is CN1CCCC(c2cccc3ccc(Nc4ncccc4N)cc23)C1. The van der Waals surface area contributed by atoms with Crippen LogP contribution in [0, 0.1) is 0 Å². The molecule has 1 fully saturated rings. The molecule has 2 heterocycles. The average molecular weight is 332 g/mol. The van der Waals surface area contributed by atoms with Crippen LogP contribution in [0.1, 0.15) is 24.3 Å². The predicted octanol–water partition coefficient (Wildman–Crippen LogP) is 4.37. The van der Waals surface area contributed by atoms with E-state index in [1.54, 1.807) is 6.20 Å². The molecule has 1 saturated heterocycles. The fraction of sp³-hybridized carbons (Fsp3) is 0.286. The smallest absolute Gasteiger partial charge is 0.153 e. The molecule has 0 aliphatic carbocycles. The average Bonchev–Trinajstić information content (AvgIpc) is 2.63. The van der Waals surface area contributed by atoms with Gasteiger partial charge in [0.2, 0.25) is 0 Å². The van der Waals surface area contributed by atoms with Gasteiger partial charge in [0.25, 0.3) is 0 Å². The van der Waals surface area contributed by atoms with Gasteiger partial charge in [-0.2, -0.15) is 0 Å². The lowest BCUT2D eigenvalue weighted by atomic mass is 9.87. The van der Waals surface area contributed by atoms with Crippen molar-refractivity contribution in [2.45, 2.75) is 18.8 Å². The van der Waals surface area contributed by atoms with Crippen LogP contribution in [0.2, 0.25) is 0 Å². The summed E-state index contributed by atoms with van der Waals surface area (Å²) in [4.78, 5) is 6.77. The summed E-state index contributed by atoms with van der Waals surface area (Å²) in [5.41, 5.74) is 9.14. The normalized spacial score (nSPS) is 18.4. The van der Waals surface area contributed by atoms with Crippen LogP contribution in [0.3, 0.4) is 0 Å². The summed E-state index contributed by atoms with van der Waals surface area (Å²) < 4.78 is 0. The van der Waals surface area contributed by atoms with Crippen molar-refractivity contribution < 1.29 is 0 Å². The minimum atomic E-state index is 0.595. The minimum Gasteiger partial charge on any atom is -0.396 e. The van der Waals surface area contributed by atoms with Crippen LogP contribution in [0.4, 0.5) is 17.2 Å². The fourth-order valence-corrected chi connectivity index (χ4v) is 3.81. The van der Waals surface area contributed by atoms with Gasteiger partial charge in [0.05, 0.1) is 5.69 Å². The molecule has 4 nitrogen and oxygen atoms in total. The predicted molar refractivity (Wildman–Crippen MR) is 105 cm³/mol. The Kier molecular flexibility index (Phi) is 4.28. The van der Waals surface area contributed by atoms with Gasteiger partial charge in [-0.25, -0.2) is 4.98 Å². The largest absolute Gasteiger partial charge is 0.396 e. The maximum atomic E-state index is 6.01. The van der Waals surface area contributed by atoms with Crippen LogP contribution in [0.15, 0.2) is 54.7 Å². The van der Waals surface area contributed by atoms with Gasteiger partial charge in [-0.1, -0.05) is 24.3 Å². The molecule has 0 saturated carbocycles. The number of aromatic nitrogens is 1. The molecule has 1 aromatic heterocycles. The zero-order valence-electron chi connectivity index (χ0n) is 14.6. The van der Waals surface area contributed by atoms with Crippen molar-refractivity contribution in [3.05, 3.63) is 60.3 Å². The van der Waals surface area contributed by atoms with Crippen molar-refractivity contribution >= 4 is 28.0 Å². The number of pyridine rings is 1. The molecule has 25 heavy (non-hydrogen) atoms. The Bertz CT molecular complexity index is 890. The maximum absolute atomic E-state index is 6.01. The molecule has 0 spiro atoms. The van der Waals surface area contributed by atoms with Crippen LogP contribution in [-0.2, 0) is 0 Å². The third-order valence-corrected chi connectivity index (χ3v) is 5.08. The first-order valence-corrected chi connectivity index (χ1v) is 8.89. The number of piperidine rings is 1. The van der Waals surface area contributed by atoms with E-state index in [4.69, 9.17) is 5.73 Å². The van der Waals surface area contributed by atoms with Crippen LogP contribution in [0.5, 0.6) is 0 Å². The number of nitrogen functional groups attached to an aromatic ring is 1. The number of nitrogens with one attached hydrogen (secondary N) is 1. The minimum absolute atomic E-state index is 0.595. The molecular formula is C21H24N4. The lowest BCUT2D eigenvalue weighted by molar-refractivity contribution is 0.251. The molecule has 1 aliphatic heterocycles. The maximum Gasteiger partial charge on any atom is 0.153 e. The molecule has 0 amide bonds. The highest BCUT2D eigenvalue weighted by atomic mass is 15.1. The van der Waals surface area contributed by atoms with E-state index in [0.29, 0.717) is 17.4 Å². The van der Waals surface area contributed by atoms with Crippen LogP contribution in [0.25, 0.3) is 10.8 Å². The number of nitrogens with zero attached hydrogens (tertiary/aromatic N) is 2. The number of hydrogen-bond donors (Lipinski definition) is 2. The van der Waals surface area contributed by atoms with Gasteiger partial charge in [-0.3, -0.25) is 0 Å². The number of likely N-dealkylation sites (tertiary alicyclic amines) is 1. The summed E-state index contributed by atoms with van der Waals surface area (Å²) in [5, 5.41) is 5.96. The van der Waals surface area contributed by atoms with E-state index in [1.807, 2.05) is 12.1 Å². The molecule has 1 unspecified atom stereocenters. The molecule has 0 radical (unpaired) electrons. The Morgan fingerprint density at radius 3 is 2.92 bits per heavy atom. The Morgan fingerprint density at radius 2 is 2.08 bits per heavy atom. The van der Waals surface area contributed by atoms with Gasteiger partial charge in [0.1, 0.15) is 0 Å². The lowest BCUT2D eigenvalue weighted by Gasteiger charge is -2.30. The summed E-state index contributed by atoms with van der Waals surface area (Å²) in [6.45, 7) is 2.33. The quantitative estimate of drug-likeness (QED) is 0.748. The second-order valence-corrected chi connectivity index (χ2v) is 6.95. The van der Waals surface area contributed by atoms with E-state index in [1.165, 1.54) is 35.7 Å². The summed E-state index contributed by atoms with van der Waals surface area (Å²) in [6.07, 6.45) is 4.28. The van der Waals surface area contributed by atoms with Crippen molar-refractivity contribution in [1.29, 1.82) is 0 Å². The zero-order valence-corrected chi connectivity index (χ0v) is 14.6. The van der Waals surface area contributed by atoms with Gasteiger partial charge in [-0.05, 0) is 73.0 Å². The van der Waals surface area contributed by atoms with E-state index in [0.717, 1.165) is 12.2 Å². The third kappa shape index (κ3) is 3.30. The number of anilines is 3. The van der Waals surface area contributed by atoms with E-state index in [2.05, 4.69) is 58.6 Å². The van der Waals surface area contributed by atoms with E-state index < -0.39 is 0 Å². The van der Waals surface area contributed by atoms with Crippen molar-refractivity contribution in [3.63, 3.8) is 0 Å². The monoisotopic (exact) mass is 332 g/mol. The first kappa shape index (κ1) is 15.9. The number of hydrogen-bond acceptors (Lipinski definition) is 4. The summed E-state index contributed by atoms with van der Waals surface area (Å²) in [5.74, 6) is 1.30. The molecule has 1 atom stereocenters. The first-order chi connectivity index (χ1) is 12.2. The highest BCUT2D eigenvalue weighted by molar-refractivity contribution is 5.90. The highest BCUT2D eigenvalue weighted by Gasteiger charge is 2.20. The number of fused-ring (bicyclic) bond motifs is 1. The number of rotatable bonds is 3. The standard InChI is InChI=1S/C21H24N4/c1-25-12-4-6-16(14-25)18-7-2-5-15-9-10-17(13-19(15)18)24-21-20(22)8-3-11-23-21/h2-3,5,7-11,13,16H,4,6,12,14,22H2,1H3,(H,23,24). The van der Waals surface area contributed by atoms with Gasteiger partial charge >= 0.3 is 0 Å². The number of likely N-dealkylation sites (N-methyl/N-ethyl adjacent to an activating group) is 1. The topological polar surface area (TPSA) is 54.2 Å². The molecule has 3 N–H and O–H groups in total. The van der Waals surface area contributed by atoms with Crippen LogP contribution in [-0.4, -0.2) is 30.0 Å². The van der Waals surface area contributed by atoms with Crippen LogP contribution < -0.4 is 11.1 Å². The molecule has 3 aromatic rings. The second-order valence-electron chi connectivity index (χ2n) is 6.95. The van der Waals surface area contributed by atoms with Crippen molar-refractivity contribution in [2.24, 2.45) is 0 Å². The third-order valence-electron chi connectivity index (χ3n) is 5.08. The number of nitrogens with two attached hydrogens (primary N) is 1. The molecule has 1 aliphatic rings. The van der Waals surface area contributed by atoms with Crippen molar-refractivity contribution in [3.8, 4) is 0 Å². The van der Waals surface area contributed by atoms with Gasteiger partial charge < -0.3 is 16.0 Å². The van der Waals surface area contributed by atoms with Gasteiger partial charge in [-0.15, -0.1) is 0 Å². The summed E-state index contributed by atoms with van der Waals surface area (Å²) >= 11 is 0. The second kappa shape index (κ2) is 6.73. The van der Waals surface area contributed by atoms with Gasteiger partial charge in [0, 0.05) is 18.4 Å². The summed E-state index contributed by atoms with van der Waals surface area (Å²) in [6, 6.07) is 16.8. The molecule has 2 aromatic carbocycles.